The van der Waals surface area contributed by atoms with Gasteiger partial charge in [0.1, 0.15) is 0 Å². The zero-order valence-electron chi connectivity index (χ0n) is 10.1. The normalized spacial score (nSPS) is 17.1. The van der Waals surface area contributed by atoms with Crippen molar-refractivity contribution in [2.45, 2.75) is 24.8 Å². The van der Waals surface area contributed by atoms with Gasteiger partial charge in [-0.25, -0.2) is 0 Å². The smallest absolute Gasteiger partial charge is 0.0522 e. The van der Waals surface area contributed by atoms with Gasteiger partial charge in [0.2, 0.25) is 0 Å². The van der Waals surface area contributed by atoms with E-state index in [4.69, 9.17) is 5.73 Å². The van der Waals surface area contributed by atoms with E-state index < -0.39 is 0 Å². The van der Waals surface area contributed by atoms with E-state index in [2.05, 4.69) is 35.6 Å². The highest BCUT2D eigenvalue weighted by Gasteiger charge is 2.33. The average Bonchev–Trinajstić information content (AvgIpc) is 2.81. The van der Waals surface area contributed by atoms with Gasteiger partial charge in [0.05, 0.1) is 6.20 Å². The summed E-state index contributed by atoms with van der Waals surface area (Å²) in [6.45, 7) is 0. The molecule has 1 aliphatic rings. The summed E-state index contributed by atoms with van der Waals surface area (Å²) in [6.07, 6.45) is 6.81. The van der Waals surface area contributed by atoms with Crippen LogP contribution in [0, 0.1) is 0 Å². The molecule has 0 radical (unpaired) electrons. The van der Waals surface area contributed by atoms with Gasteiger partial charge in [0.15, 0.2) is 0 Å². The molecule has 0 fully saturated rings. The van der Waals surface area contributed by atoms with Crippen LogP contribution in [-0.2, 0) is 26.3 Å². The van der Waals surface area contributed by atoms with Crippen LogP contribution in [0.5, 0.6) is 0 Å². The van der Waals surface area contributed by atoms with Crippen LogP contribution in [0.25, 0.3) is 0 Å². The van der Waals surface area contributed by atoms with Crippen molar-refractivity contribution in [3.8, 4) is 0 Å². The molecule has 0 spiro atoms. The lowest BCUT2D eigenvalue weighted by molar-refractivity contribution is 0.446. The number of fused-ring (bicyclic) bond motifs is 1. The fraction of sp³-hybridized carbons (Fsp3) is 0.357. The fourth-order valence-electron chi connectivity index (χ4n) is 2.82. The first-order valence-electron chi connectivity index (χ1n) is 5.98. The number of aromatic nitrogens is 2. The lowest BCUT2D eigenvalue weighted by Crippen LogP contribution is -2.42. The Kier molecular flexibility index (Phi) is 2.30. The molecular weight excluding hydrogens is 210 g/mol. The van der Waals surface area contributed by atoms with Gasteiger partial charge < -0.3 is 5.73 Å². The number of nitrogens with two attached hydrogens (primary N) is 1. The minimum atomic E-state index is -0.132. The summed E-state index contributed by atoms with van der Waals surface area (Å²) in [7, 11) is 1.94. The molecule has 3 nitrogen and oxygen atoms in total. The summed E-state index contributed by atoms with van der Waals surface area (Å²) in [6, 6.07) is 8.56. The lowest BCUT2D eigenvalue weighted by atomic mass is 9.90. The maximum Gasteiger partial charge on any atom is 0.0522 e. The van der Waals surface area contributed by atoms with Crippen molar-refractivity contribution in [3.63, 3.8) is 0 Å². The highest BCUT2D eigenvalue weighted by molar-refractivity contribution is 5.37. The Morgan fingerprint density at radius 3 is 2.47 bits per heavy atom. The van der Waals surface area contributed by atoms with Crippen LogP contribution >= 0.6 is 0 Å². The molecule has 3 rings (SSSR count). The lowest BCUT2D eigenvalue weighted by Gasteiger charge is -2.22. The van der Waals surface area contributed by atoms with Gasteiger partial charge in [0, 0.05) is 18.8 Å². The number of benzene rings is 1. The first kappa shape index (κ1) is 10.5. The maximum absolute atomic E-state index is 6.51. The molecule has 1 aromatic heterocycles. The Morgan fingerprint density at radius 1 is 1.29 bits per heavy atom. The number of hydrogen-bond donors (Lipinski definition) is 1. The zero-order chi connectivity index (χ0) is 11.9. The average molecular weight is 227 g/mol. The van der Waals surface area contributed by atoms with Gasteiger partial charge in [-0.05, 0) is 36.0 Å². The van der Waals surface area contributed by atoms with E-state index in [9.17, 15) is 0 Å². The van der Waals surface area contributed by atoms with Gasteiger partial charge in [-0.1, -0.05) is 24.3 Å². The molecule has 1 heterocycles. The van der Waals surface area contributed by atoms with E-state index in [0.29, 0.717) is 0 Å². The number of aryl methyl sites for hydroxylation is 1. The van der Waals surface area contributed by atoms with E-state index in [1.165, 1.54) is 16.7 Å². The van der Waals surface area contributed by atoms with Gasteiger partial charge in [0.25, 0.3) is 0 Å². The molecule has 0 saturated heterocycles. The molecule has 17 heavy (non-hydrogen) atoms. The molecule has 0 amide bonds. The predicted molar refractivity (Wildman–Crippen MR) is 67.7 cm³/mol. The van der Waals surface area contributed by atoms with Crippen LogP contribution in [0.2, 0.25) is 0 Å². The SMILES string of the molecule is Cn1cc(CC2(N)Cc3ccccc3C2)cn1. The van der Waals surface area contributed by atoms with Crippen LogP contribution in [0.4, 0.5) is 0 Å². The molecule has 1 aliphatic carbocycles. The van der Waals surface area contributed by atoms with Crippen molar-refractivity contribution in [2.75, 3.05) is 0 Å². The summed E-state index contributed by atoms with van der Waals surface area (Å²) < 4.78 is 1.83. The quantitative estimate of drug-likeness (QED) is 0.844. The molecule has 0 unspecified atom stereocenters. The molecule has 0 bridgehead atoms. The molecule has 0 saturated carbocycles. The molecule has 3 heteroatoms. The highest BCUT2D eigenvalue weighted by Crippen LogP contribution is 2.30. The first-order valence-corrected chi connectivity index (χ1v) is 5.98. The third kappa shape index (κ3) is 1.98. The van der Waals surface area contributed by atoms with Crippen LogP contribution in [-0.4, -0.2) is 15.3 Å². The second-order valence-corrected chi connectivity index (χ2v) is 5.18. The molecule has 2 aromatic rings. The standard InChI is InChI=1S/C14H17N3/c1-17-10-11(9-16-17)6-14(15)7-12-4-2-3-5-13(12)8-14/h2-5,9-10H,6-8,15H2,1H3. The number of hydrogen-bond acceptors (Lipinski definition) is 2. The van der Waals surface area contributed by atoms with Crippen molar-refractivity contribution < 1.29 is 0 Å². The van der Waals surface area contributed by atoms with Crippen molar-refractivity contribution in [3.05, 3.63) is 53.3 Å². The summed E-state index contributed by atoms with van der Waals surface area (Å²) in [4.78, 5) is 0. The minimum absolute atomic E-state index is 0.132. The van der Waals surface area contributed by atoms with E-state index in [1.54, 1.807) is 0 Å². The Bertz CT molecular complexity index is 517. The molecular formula is C14H17N3. The number of nitrogens with zero attached hydrogens (tertiary/aromatic N) is 2. The van der Waals surface area contributed by atoms with Crippen molar-refractivity contribution in [1.29, 1.82) is 0 Å². The monoisotopic (exact) mass is 227 g/mol. The van der Waals surface area contributed by atoms with Crippen molar-refractivity contribution in [2.24, 2.45) is 12.8 Å². The van der Waals surface area contributed by atoms with Crippen LogP contribution < -0.4 is 5.73 Å². The van der Waals surface area contributed by atoms with Crippen LogP contribution in [0.1, 0.15) is 16.7 Å². The first-order chi connectivity index (χ1) is 8.15. The molecule has 0 atom stereocenters. The molecule has 0 aliphatic heterocycles. The second-order valence-electron chi connectivity index (χ2n) is 5.18. The van der Waals surface area contributed by atoms with E-state index in [-0.39, 0.29) is 5.54 Å². The predicted octanol–water partition coefficient (Wildman–Crippen LogP) is 1.46. The molecule has 2 N–H and O–H groups in total. The van der Waals surface area contributed by atoms with Gasteiger partial charge in [-0.15, -0.1) is 0 Å². The van der Waals surface area contributed by atoms with Crippen molar-refractivity contribution >= 4 is 0 Å². The van der Waals surface area contributed by atoms with E-state index >= 15 is 0 Å². The van der Waals surface area contributed by atoms with E-state index in [0.717, 1.165) is 19.3 Å². The Balaban J connectivity index is 1.82. The second kappa shape index (κ2) is 3.70. The Hall–Kier alpha value is -1.61. The van der Waals surface area contributed by atoms with E-state index in [1.807, 2.05) is 17.9 Å². The van der Waals surface area contributed by atoms with Gasteiger partial charge in [-0.2, -0.15) is 5.10 Å². The highest BCUT2D eigenvalue weighted by atomic mass is 15.2. The maximum atomic E-state index is 6.51. The summed E-state index contributed by atoms with van der Waals surface area (Å²) in [5, 5.41) is 4.20. The Morgan fingerprint density at radius 2 is 1.94 bits per heavy atom. The zero-order valence-corrected chi connectivity index (χ0v) is 10.1. The largest absolute Gasteiger partial charge is 0.324 e. The topological polar surface area (TPSA) is 43.8 Å². The van der Waals surface area contributed by atoms with Gasteiger partial charge in [-0.3, -0.25) is 4.68 Å². The summed E-state index contributed by atoms with van der Waals surface area (Å²) >= 11 is 0. The summed E-state index contributed by atoms with van der Waals surface area (Å²) in [5.74, 6) is 0. The fourth-order valence-corrected chi connectivity index (χ4v) is 2.82. The van der Waals surface area contributed by atoms with Gasteiger partial charge >= 0.3 is 0 Å². The van der Waals surface area contributed by atoms with Crippen LogP contribution in [0.15, 0.2) is 36.7 Å². The van der Waals surface area contributed by atoms with Crippen molar-refractivity contribution in [1.82, 2.24) is 9.78 Å². The Labute approximate surface area is 101 Å². The third-order valence-electron chi connectivity index (χ3n) is 3.52. The third-order valence-corrected chi connectivity index (χ3v) is 3.52. The molecule has 88 valence electrons. The van der Waals surface area contributed by atoms with Crippen LogP contribution in [0.3, 0.4) is 0 Å². The molecule has 1 aromatic carbocycles. The minimum Gasteiger partial charge on any atom is -0.324 e. The summed E-state index contributed by atoms with van der Waals surface area (Å²) in [5.41, 5.74) is 10.4. The number of rotatable bonds is 2.